The van der Waals surface area contributed by atoms with Crippen LogP contribution in [0.4, 0.5) is 0 Å². The minimum atomic E-state index is -1.53. The Labute approximate surface area is 243 Å². The summed E-state index contributed by atoms with van der Waals surface area (Å²) in [7, 11) is 0. The number of H-pyrrole nitrogens is 1. The second-order valence-electron chi connectivity index (χ2n) is 10.3. The van der Waals surface area contributed by atoms with E-state index in [2.05, 4.69) is 20.9 Å². The van der Waals surface area contributed by atoms with Crippen molar-refractivity contribution in [3.05, 3.63) is 71.9 Å². The van der Waals surface area contributed by atoms with E-state index < -0.39 is 60.2 Å². The van der Waals surface area contributed by atoms with E-state index in [1.54, 1.807) is 43.5 Å². The van der Waals surface area contributed by atoms with Crippen LogP contribution in [0.5, 0.6) is 0 Å². The molecule has 2 aromatic carbocycles. The zero-order valence-corrected chi connectivity index (χ0v) is 23.5. The Hall–Kier alpha value is -4.71. The van der Waals surface area contributed by atoms with Crippen LogP contribution >= 0.6 is 0 Å². The summed E-state index contributed by atoms with van der Waals surface area (Å²) in [5.74, 6) is -5.24. The highest BCUT2D eigenvalue weighted by Gasteiger charge is 2.32. The van der Waals surface area contributed by atoms with Crippen LogP contribution in [0.2, 0.25) is 0 Å². The van der Waals surface area contributed by atoms with Gasteiger partial charge in [-0.15, -0.1) is 0 Å². The van der Waals surface area contributed by atoms with Crippen LogP contribution in [0.3, 0.4) is 0 Å². The fourth-order valence-corrected chi connectivity index (χ4v) is 4.49. The van der Waals surface area contributed by atoms with Gasteiger partial charge in [-0.05, 0) is 23.1 Å². The number of nitrogens with one attached hydrogen (secondary N) is 4. The molecular formula is C30H37N5O7. The maximum Gasteiger partial charge on any atom is 0.326 e. The van der Waals surface area contributed by atoms with Crippen molar-refractivity contribution >= 4 is 40.6 Å². The molecule has 0 aliphatic carbocycles. The summed E-state index contributed by atoms with van der Waals surface area (Å²) in [5.41, 5.74) is 8.12. The predicted molar refractivity (Wildman–Crippen MR) is 155 cm³/mol. The third-order valence-corrected chi connectivity index (χ3v) is 7.20. The van der Waals surface area contributed by atoms with Gasteiger partial charge in [-0.1, -0.05) is 68.8 Å². The second kappa shape index (κ2) is 14.8. The molecule has 3 rings (SSSR count). The molecule has 0 radical (unpaired) electrons. The topological polar surface area (TPSA) is 204 Å². The molecule has 0 saturated heterocycles. The molecule has 12 heteroatoms. The first kappa shape index (κ1) is 31.8. The molecule has 12 nitrogen and oxygen atoms in total. The molecule has 5 atom stereocenters. The number of benzene rings is 2. The van der Waals surface area contributed by atoms with Crippen LogP contribution in [0.25, 0.3) is 10.9 Å². The number of rotatable bonds is 15. The fraction of sp³-hybridized carbons (Fsp3) is 0.367. The van der Waals surface area contributed by atoms with Crippen molar-refractivity contribution in [3.63, 3.8) is 0 Å². The molecule has 5 unspecified atom stereocenters. The third kappa shape index (κ3) is 8.64. The normalized spacial score (nSPS) is 14.6. The summed E-state index contributed by atoms with van der Waals surface area (Å²) in [5, 5.41) is 27.5. The van der Waals surface area contributed by atoms with Gasteiger partial charge in [0, 0.05) is 29.9 Å². The maximum atomic E-state index is 13.5. The largest absolute Gasteiger partial charge is 0.481 e. The van der Waals surface area contributed by atoms with Crippen LogP contribution in [-0.2, 0) is 36.8 Å². The lowest BCUT2D eigenvalue weighted by Crippen LogP contribution is -2.58. The molecule has 3 amide bonds. The van der Waals surface area contributed by atoms with Crippen molar-refractivity contribution < 1.29 is 34.2 Å². The van der Waals surface area contributed by atoms with E-state index >= 15 is 0 Å². The number of carbonyl (C=O) groups excluding carboxylic acids is 3. The highest BCUT2D eigenvalue weighted by Crippen LogP contribution is 2.19. The fourth-order valence-electron chi connectivity index (χ4n) is 4.49. The van der Waals surface area contributed by atoms with Gasteiger partial charge in [-0.25, -0.2) is 4.79 Å². The zero-order valence-electron chi connectivity index (χ0n) is 23.5. The Kier molecular flexibility index (Phi) is 11.2. The molecular weight excluding hydrogens is 542 g/mol. The first-order valence-corrected chi connectivity index (χ1v) is 13.7. The number of hydrogen-bond acceptors (Lipinski definition) is 6. The molecule has 0 bridgehead atoms. The first-order chi connectivity index (χ1) is 20.0. The van der Waals surface area contributed by atoms with Crippen LogP contribution in [-0.4, -0.2) is 69.0 Å². The molecule has 42 heavy (non-hydrogen) atoms. The van der Waals surface area contributed by atoms with Crippen molar-refractivity contribution in [2.75, 3.05) is 0 Å². The highest BCUT2D eigenvalue weighted by molar-refractivity contribution is 5.96. The molecule has 0 spiro atoms. The minimum Gasteiger partial charge on any atom is -0.481 e. The van der Waals surface area contributed by atoms with E-state index in [1.165, 1.54) is 0 Å². The Bertz CT molecular complexity index is 1410. The number of nitrogens with two attached hydrogens (primary N) is 1. The van der Waals surface area contributed by atoms with Crippen molar-refractivity contribution in [2.45, 2.75) is 63.7 Å². The molecule has 3 aromatic rings. The van der Waals surface area contributed by atoms with Gasteiger partial charge in [-0.3, -0.25) is 19.2 Å². The molecule has 0 fully saturated rings. The number of carbonyl (C=O) groups is 5. The van der Waals surface area contributed by atoms with Crippen LogP contribution in [0.15, 0.2) is 60.8 Å². The molecule has 0 aliphatic heterocycles. The van der Waals surface area contributed by atoms with Crippen molar-refractivity contribution in [2.24, 2.45) is 11.7 Å². The van der Waals surface area contributed by atoms with Crippen molar-refractivity contribution in [1.82, 2.24) is 20.9 Å². The average Bonchev–Trinajstić information content (AvgIpc) is 3.38. The average molecular weight is 580 g/mol. The summed E-state index contributed by atoms with van der Waals surface area (Å²) in [6.07, 6.45) is 1.47. The van der Waals surface area contributed by atoms with E-state index in [0.717, 1.165) is 10.9 Å². The molecule has 8 N–H and O–H groups in total. The first-order valence-electron chi connectivity index (χ1n) is 13.7. The summed E-state index contributed by atoms with van der Waals surface area (Å²) < 4.78 is 0. The van der Waals surface area contributed by atoms with E-state index in [0.29, 0.717) is 17.5 Å². The number of aliphatic carboxylic acids is 2. The van der Waals surface area contributed by atoms with Gasteiger partial charge in [-0.2, -0.15) is 0 Å². The van der Waals surface area contributed by atoms with Crippen LogP contribution in [0.1, 0.15) is 37.8 Å². The number of aromatic nitrogens is 1. The summed E-state index contributed by atoms with van der Waals surface area (Å²) in [6, 6.07) is 11.0. The summed E-state index contributed by atoms with van der Waals surface area (Å²) in [6.45, 7) is 3.60. The Morgan fingerprint density at radius 1 is 0.810 bits per heavy atom. The zero-order chi connectivity index (χ0) is 30.8. The Balaban J connectivity index is 1.87. The number of hydrogen-bond donors (Lipinski definition) is 7. The van der Waals surface area contributed by atoms with Crippen LogP contribution in [0, 0.1) is 5.92 Å². The Morgan fingerprint density at radius 2 is 1.40 bits per heavy atom. The van der Waals surface area contributed by atoms with Crippen molar-refractivity contribution in [3.8, 4) is 0 Å². The molecule has 224 valence electrons. The lowest BCUT2D eigenvalue weighted by molar-refractivity contribution is -0.143. The SMILES string of the molecule is CCC(C)C(N)C(=O)NC(CC(=O)O)C(=O)NC(Cc1c[nH]c2ccccc12)C(=O)NC(Cc1ccccc1)C(=O)O. The summed E-state index contributed by atoms with van der Waals surface area (Å²) >= 11 is 0. The molecule has 1 aromatic heterocycles. The van der Waals surface area contributed by atoms with Gasteiger partial charge in [0.2, 0.25) is 17.7 Å². The predicted octanol–water partition coefficient (Wildman–Crippen LogP) is 1.34. The number of carboxylic acids is 2. The minimum absolute atomic E-state index is 0.000856. The van der Waals surface area contributed by atoms with Gasteiger partial charge in [0.15, 0.2) is 0 Å². The van der Waals surface area contributed by atoms with Crippen molar-refractivity contribution in [1.29, 1.82) is 0 Å². The van der Waals surface area contributed by atoms with Gasteiger partial charge >= 0.3 is 11.9 Å². The van der Waals surface area contributed by atoms with E-state index in [4.69, 9.17) is 5.73 Å². The smallest absolute Gasteiger partial charge is 0.326 e. The molecule has 0 aliphatic rings. The molecule has 1 heterocycles. The number of carboxylic acid groups (broad SMARTS) is 2. The van der Waals surface area contributed by atoms with E-state index in [1.807, 2.05) is 31.2 Å². The standard InChI is InChI=1S/C30H37N5O7/c1-3-17(2)26(31)29(40)34-23(15-25(36)37)28(39)33-22(14-19-16-32-21-12-8-7-11-20(19)21)27(38)35-24(30(41)42)13-18-9-5-4-6-10-18/h4-12,16-17,22-24,26,32H,3,13-15,31H2,1-2H3,(H,33,39)(H,34,40)(H,35,38)(H,36,37)(H,41,42). The number of amides is 3. The highest BCUT2D eigenvalue weighted by atomic mass is 16.4. The van der Waals surface area contributed by atoms with Crippen LogP contribution < -0.4 is 21.7 Å². The lowest BCUT2D eigenvalue weighted by Gasteiger charge is -2.25. The van der Waals surface area contributed by atoms with Gasteiger partial charge in [0.25, 0.3) is 0 Å². The van der Waals surface area contributed by atoms with E-state index in [9.17, 15) is 34.2 Å². The van der Waals surface area contributed by atoms with Gasteiger partial charge in [0.05, 0.1) is 12.5 Å². The molecule has 0 saturated carbocycles. The Morgan fingerprint density at radius 3 is 2.05 bits per heavy atom. The number of para-hydroxylation sites is 1. The lowest BCUT2D eigenvalue weighted by atomic mass is 9.98. The monoisotopic (exact) mass is 579 g/mol. The number of fused-ring (bicyclic) bond motifs is 1. The maximum absolute atomic E-state index is 13.5. The van der Waals surface area contributed by atoms with Gasteiger partial charge in [0.1, 0.15) is 18.1 Å². The third-order valence-electron chi connectivity index (χ3n) is 7.20. The summed E-state index contributed by atoms with van der Waals surface area (Å²) in [4.78, 5) is 66.3. The van der Waals surface area contributed by atoms with E-state index in [-0.39, 0.29) is 18.8 Å². The van der Waals surface area contributed by atoms with Gasteiger partial charge < -0.3 is 36.9 Å². The number of aromatic amines is 1. The quantitative estimate of drug-likeness (QED) is 0.140. The second-order valence-corrected chi connectivity index (χ2v) is 10.3.